The van der Waals surface area contributed by atoms with Crippen LogP contribution in [0.15, 0.2) is 24.3 Å². The molecular weight excluding hydrogens is 251 g/mol. The fraction of sp³-hybridized carbons (Fsp3) is 0.600. The Morgan fingerprint density at radius 3 is 2.26 bits per heavy atom. The molecule has 0 unspecified atom stereocenters. The Morgan fingerprint density at radius 1 is 1.05 bits per heavy atom. The lowest BCUT2D eigenvalue weighted by Gasteiger charge is -2.11. The maximum atomic E-state index is 12.4. The molecule has 2 rings (SSSR count). The van der Waals surface area contributed by atoms with Crippen LogP contribution in [0.3, 0.4) is 0 Å². The highest BCUT2D eigenvalue weighted by Crippen LogP contribution is 2.30. The van der Waals surface area contributed by atoms with Gasteiger partial charge >= 0.3 is 6.18 Å². The lowest BCUT2D eigenvalue weighted by Crippen LogP contribution is -2.06. The third-order valence-electron chi connectivity index (χ3n) is 3.81. The molecule has 1 aliphatic carbocycles. The van der Waals surface area contributed by atoms with Crippen molar-refractivity contribution in [2.24, 2.45) is 5.92 Å². The summed E-state index contributed by atoms with van der Waals surface area (Å²) in [6.07, 6.45) is 3.48. The molecule has 1 N–H and O–H groups in total. The van der Waals surface area contributed by atoms with Crippen molar-refractivity contribution in [1.29, 1.82) is 0 Å². The summed E-state index contributed by atoms with van der Waals surface area (Å²) >= 11 is 0. The van der Waals surface area contributed by atoms with Gasteiger partial charge in [0.05, 0.1) is 5.56 Å². The fourth-order valence-corrected chi connectivity index (χ4v) is 2.70. The van der Waals surface area contributed by atoms with Crippen LogP contribution in [0.2, 0.25) is 0 Å². The molecule has 0 bridgehead atoms. The Balaban J connectivity index is 1.71. The average molecular weight is 271 g/mol. The van der Waals surface area contributed by atoms with Gasteiger partial charge in [-0.15, -0.1) is 0 Å². The second-order valence-electron chi connectivity index (χ2n) is 5.29. The Morgan fingerprint density at radius 2 is 1.68 bits per heavy atom. The summed E-state index contributed by atoms with van der Waals surface area (Å²) < 4.78 is 37.1. The van der Waals surface area contributed by atoms with Crippen LogP contribution in [0.25, 0.3) is 0 Å². The zero-order valence-electron chi connectivity index (χ0n) is 11.0. The van der Waals surface area contributed by atoms with Crippen LogP contribution in [0.1, 0.15) is 44.1 Å². The van der Waals surface area contributed by atoms with E-state index in [1.807, 2.05) is 0 Å². The molecule has 1 fully saturated rings. The number of rotatable bonds is 5. The molecule has 0 radical (unpaired) electrons. The van der Waals surface area contributed by atoms with Crippen LogP contribution in [0, 0.1) is 5.92 Å². The zero-order chi connectivity index (χ0) is 13.7. The molecule has 0 aromatic heterocycles. The van der Waals surface area contributed by atoms with E-state index in [9.17, 15) is 13.2 Å². The van der Waals surface area contributed by atoms with Crippen LogP contribution < -0.4 is 5.32 Å². The van der Waals surface area contributed by atoms with E-state index in [-0.39, 0.29) is 0 Å². The molecule has 1 nitrogen and oxygen atoms in total. The molecule has 0 aliphatic heterocycles. The monoisotopic (exact) mass is 271 g/mol. The van der Waals surface area contributed by atoms with Gasteiger partial charge in [0, 0.05) is 12.2 Å². The molecule has 1 aliphatic rings. The van der Waals surface area contributed by atoms with Crippen LogP contribution >= 0.6 is 0 Å². The van der Waals surface area contributed by atoms with Crippen molar-refractivity contribution in [2.75, 3.05) is 11.9 Å². The van der Waals surface area contributed by atoms with Gasteiger partial charge in [-0.2, -0.15) is 13.2 Å². The lowest BCUT2D eigenvalue weighted by molar-refractivity contribution is -0.137. The van der Waals surface area contributed by atoms with Gasteiger partial charge in [-0.3, -0.25) is 0 Å². The van der Waals surface area contributed by atoms with E-state index < -0.39 is 11.7 Å². The van der Waals surface area contributed by atoms with Crippen LogP contribution in [-0.2, 0) is 6.18 Å². The molecule has 0 spiro atoms. The van der Waals surface area contributed by atoms with Gasteiger partial charge in [-0.05, 0) is 43.0 Å². The topological polar surface area (TPSA) is 12.0 Å². The van der Waals surface area contributed by atoms with Crippen LogP contribution in [0.4, 0.5) is 18.9 Å². The molecule has 4 heteroatoms. The zero-order valence-corrected chi connectivity index (χ0v) is 11.0. The van der Waals surface area contributed by atoms with E-state index in [2.05, 4.69) is 5.32 Å². The first kappa shape index (κ1) is 14.2. The number of hydrogen-bond donors (Lipinski definition) is 1. The van der Waals surface area contributed by atoms with Crippen LogP contribution in [0.5, 0.6) is 0 Å². The number of hydrogen-bond acceptors (Lipinski definition) is 1. The number of alkyl halides is 3. The minimum absolute atomic E-state index is 0.594. The number of nitrogens with one attached hydrogen (secondary N) is 1. The van der Waals surface area contributed by atoms with Gasteiger partial charge in [-0.25, -0.2) is 0 Å². The van der Waals surface area contributed by atoms with Gasteiger partial charge < -0.3 is 5.32 Å². The predicted octanol–water partition coefficient (Wildman–Crippen LogP) is 5.09. The highest BCUT2D eigenvalue weighted by molar-refractivity contribution is 5.44. The standard InChI is InChI=1S/C15H20F3N/c16-15(17,18)13-7-9-14(10-8-13)19-11-3-6-12-4-1-2-5-12/h7-10,12,19H,1-6,11H2. The first-order valence-corrected chi connectivity index (χ1v) is 6.97. The number of halogens is 3. The van der Waals surface area contributed by atoms with E-state index in [1.54, 1.807) is 0 Å². The van der Waals surface area contributed by atoms with E-state index >= 15 is 0 Å². The molecule has 0 heterocycles. The third-order valence-corrected chi connectivity index (χ3v) is 3.81. The van der Waals surface area contributed by atoms with Gasteiger partial charge in [0.25, 0.3) is 0 Å². The molecule has 0 amide bonds. The fourth-order valence-electron chi connectivity index (χ4n) is 2.70. The molecule has 0 saturated heterocycles. The van der Waals surface area contributed by atoms with Gasteiger partial charge in [0.1, 0.15) is 0 Å². The van der Waals surface area contributed by atoms with Crippen molar-refractivity contribution in [3.63, 3.8) is 0 Å². The van der Waals surface area contributed by atoms with Crippen molar-refractivity contribution in [3.8, 4) is 0 Å². The lowest BCUT2D eigenvalue weighted by atomic mass is 10.0. The van der Waals surface area contributed by atoms with Crippen molar-refractivity contribution >= 4 is 5.69 Å². The summed E-state index contributed by atoms with van der Waals surface area (Å²) in [6.45, 7) is 0.835. The van der Waals surface area contributed by atoms with Crippen molar-refractivity contribution in [1.82, 2.24) is 0 Å². The molecule has 1 aromatic carbocycles. The maximum absolute atomic E-state index is 12.4. The van der Waals surface area contributed by atoms with E-state index in [4.69, 9.17) is 0 Å². The van der Waals surface area contributed by atoms with Crippen LogP contribution in [-0.4, -0.2) is 6.54 Å². The first-order valence-electron chi connectivity index (χ1n) is 6.97. The summed E-state index contributed by atoms with van der Waals surface area (Å²) in [5.41, 5.74) is 0.170. The Kier molecular flexibility index (Phi) is 4.72. The SMILES string of the molecule is FC(F)(F)c1ccc(NCCCC2CCCC2)cc1. The average Bonchev–Trinajstić information content (AvgIpc) is 2.87. The smallest absolute Gasteiger partial charge is 0.385 e. The normalized spacial score (nSPS) is 16.8. The van der Waals surface area contributed by atoms with Crippen molar-refractivity contribution < 1.29 is 13.2 Å². The second kappa shape index (κ2) is 6.31. The van der Waals surface area contributed by atoms with Crippen molar-refractivity contribution in [2.45, 2.75) is 44.7 Å². The van der Waals surface area contributed by atoms with Gasteiger partial charge in [0.15, 0.2) is 0 Å². The van der Waals surface area contributed by atoms with Crippen molar-refractivity contribution in [3.05, 3.63) is 29.8 Å². The Bertz CT molecular complexity index is 377. The predicted molar refractivity (Wildman–Crippen MR) is 71.1 cm³/mol. The van der Waals surface area contributed by atoms with Gasteiger partial charge in [0.2, 0.25) is 0 Å². The quantitative estimate of drug-likeness (QED) is 0.736. The van der Waals surface area contributed by atoms with Gasteiger partial charge in [-0.1, -0.05) is 25.7 Å². The summed E-state index contributed by atoms with van der Waals surface area (Å²) in [5.74, 6) is 0.870. The Hall–Kier alpha value is -1.19. The highest BCUT2D eigenvalue weighted by Gasteiger charge is 2.29. The molecular formula is C15H20F3N. The summed E-state index contributed by atoms with van der Waals surface area (Å²) in [6, 6.07) is 5.25. The molecule has 19 heavy (non-hydrogen) atoms. The maximum Gasteiger partial charge on any atom is 0.416 e. The Labute approximate surface area is 112 Å². The summed E-state index contributed by atoms with van der Waals surface area (Å²) in [5, 5.41) is 3.18. The third kappa shape index (κ3) is 4.44. The molecule has 1 aromatic rings. The summed E-state index contributed by atoms with van der Waals surface area (Å²) in [4.78, 5) is 0. The molecule has 106 valence electrons. The minimum atomic E-state index is -4.25. The highest BCUT2D eigenvalue weighted by atomic mass is 19.4. The van der Waals surface area contributed by atoms with E-state index in [0.29, 0.717) is 0 Å². The number of benzene rings is 1. The largest absolute Gasteiger partial charge is 0.416 e. The summed E-state index contributed by atoms with van der Waals surface area (Å²) in [7, 11) is 0. The second-order valence-corrected chi connectivity index (χ2v) is 5.29. The molecule has 1 saturated carbocycles. The van der Waals surface area contributed by atoms with E-state index in [0.717, 1.165) is 36.7 Å². The first-order chi connectivity index (χ1) is 9.05. The number of anilines is 1. The van der Waals surface area contributed by atoms with E-state index in [1.165, 1.54) is 44.2 Å². The molecule has 0 atom stereocenters. The minimum Gasteiger partial charge on any atom is -0.385 e.